The Kier molecular flexibility index (Phi) is 6.38. The van der Waals surface area contributed by atoms with E-state index in [0.29, 0.717) is 24.2 Å². The van der Waals surface area contributed by atoms with Crippen LogP contribution in [0.25, 0.3) is 11.2 Å². The summed E-state index contributed by atoms with van der Waals surface area (Å²) < 4.78 is 42.6. The van der Waals surface area contributed by atoms with E-state index in [1.54, 1.807) is 48.0 Å². The Morgan fingerprint density at radius 1 is 1.12 bits per heavy atom. The van der Waals surface area contributed by atoms with Gasteiger partial charge in [-0.1, -0.05) is 18.2 Å². The van der Waals surface area contributed by atoms with E-state index in [-0.39, 0.29) is 52.4 Å². The molecule has 0 atom stereocenters. The molecule has 0 saturated carbocycles. The summed E-state index contributed by atoms with van der Waals surface area (Å²) in [5.74, 6) is -1.55. The van der Waals surface area contributed by atoms with Crippen LogP contribution in [-0.2, 0) is 19.5 Å². The molecule has 1 aromatic carbocycles. The number of halogens is 2. The summed E-state index contributed by atoms with van der Waals surface area (Å²) in [6.45, 7) is 0.399. The van der Waals surface area contributed by atoms with Crippen molar-refractivity contribution in [2.45, 2.75) is 25.3 Å². The Morgan fingerprint density at radius 2 is 1.95 bits per heavy atom. The lowest BCUT2D eigenvalue weighted by molar-refractivity contribution is -0.0364. The molecule has 5 heterocycles. The number of imidazole rings is 1. The van der Waals surface area contributed by atoms with E-state index < -0.39 is 12.0 Å². The molecule has 0 radical (unpaired) electrons. The minimum absolute atomic E-state index is 0.135. The third-order valence-corrected chi connectivity index (χ3v) is 6.37. The van der Waals surface area contributed by atoms with Crippen molar-refractivity contribution in [2.24, 2.45) is 7.05 Å². The first-order valence-electron chi connectivity index (χ1n) is 12.5. The van der Waals surface area contributed by atoms with Crippen LogP contribution >= 0.6 is 0 Å². The summed E-state index contributed by atoms with van der Waals surface area (Å²) in [5.41, 5.74) is 0.592. The monoisotopic (exact) mass is 557 g/mol. The van der Waals surface area contributed by atoms with Gasteiger partial charge in [0.1, 0.15) is 40.2 Å². The fourth-order valence-corrected chi connectivity index (χ4v) is 4.48. The van der Waals surface area contributed by atoms with Crippen LogP contribution in [0.5, 0.6) is 17.2 Å². The van der Waals surface area contributed by atoms with Crippen LogP contribution in [0.15, 0.2) is 60.9 Å². The Bertz CT molecular complexity index is 1810. The van der Waals surface area contributed by atoms with Gasteiger partial charge >= 0.3 is 6.09 Å². The van der Waals surface area contributed by atoms with E-state index in [1.165, 1.54) is 29.2 Å². The molecule has 41 heavy (non-hydrogen) atoms. The number of hydrogen-bond donors (Lipinski definition) is 2. The summed E-state index contributed by atoms with van der Waals surface area (Å²) in [5, 5.41) is 19.7. The van der Waals surface area contributed by atoms with Gasteiger partial charge < -0.3 is 19.4 Å². The van der Waals surface area contributed by atoms with Crippen molar-refractivity contribution < 1.29 is 23.0 Å². The maximum absolute atomic E-state index is 14.3. The molecule has 0 fully saturated rings. The number of anilines is 3. The molecule has 0 saturated heterocycles. The molecule has 1 aliphatic rings. The number of nitriles is 1. The largest absolute Gasteiger partial charge is 0.454 e. The zero-order valence-corrected chi connectivity index (χ0v) is 21.5. The molecule has 14 heteroatoms. The molecule has 206 valence electrons. The number of amides is 1. The van der Waals surface area contributed by atoms with E-state index in [2.05, 4.69) is 36.8 Å². The third kappa shape index (κ3) is 5.08. The molecule has 1 aliphatic heterocycles. The van der Waals surface area contributed by atoms with Gasteiger partial charge in [-0.15, -0.1) is 0 Å². The summed E-state index contributed by atoms with van der Waals surface area (Å²) >= 11 is 0. The topological polar surface area (TPSA) is 145 Å². The fourth-order valence-electron chi connectivity index (χ4n) is 4.48. The first-order chi connectivity index (χ1) is 19.8. The van der Waals surface area contributed by atoms with E-state index in [1.807, 2.05) is 0 Å². The SMILES string of the molecule is Cn1c(Nc2cc3n(n2)CCCC3(F)F)nc2ncc(Oc3ccnc(NC(=O)Oc4ccccc4)c3)c(C#N)c21. The van der Waals surface area contributed by atoms with Gasteiger partial charge in [0, 0.05) is 38.3 Å². The van der Waals surface area contributed by atoms with Gasteiger partial charge in [0.25, 0.3) is 5.92 Å². The predicted octanol–water partition coefficient (Wildman–Crippen LogP) is 5.46. The minimum Gasteiger partial charge on any atom is -0.454 e. The Balaban J connectivity index is 1.23. The van der Waals surface area contributed by atoms with Crippen LogP contribution in [0.3, 0.4) is 0 Å². The van der Waals surface area contributed by atoms with Crippen molar-refractivity contribution in [3.63, 3.8) is 0 Å². The highest BCUT2D eigenvalue weighted by atomic mass is 19.3. The molecule has 6 rings (SSSR count). The summed E-state index contributed by atoms with van der Waals surface area (Å²) in [6, 6.07) is 15.0. The predicted molar refractivity (Wildman–Crippen MR) is 142 cm³/mol. The van der Waals surface area contributed by atoms with Crippen LogP contribution in [0, 0.1) is 11.3 Å². The van der Waals surface area contributed by atoms with E-state index in [4.69, 9.17) is 9.47 Å². The standard InChI is InChI=1S/C27H21F2N9O3/c1-37-23-18(14-30)19(40-17-8-10-31-21(12-17)34-26(39)41-16-6-3-2-4-7-16)15-32-24(23)35-25(37)33-22-13-20-27(28,29)9-5-11-38(20)36-22/h2-4,6-8,10,12-13,15H,5,9,11H2,1H3,(H,31,34,39)(H,32,33,35,36). The molecular weight excluding hydrogens is 536 g/mol. The number of ether oxygens (including phenoxy) is 2. The number of aromatic nitrogens is 6. The van der Waals surface area contributed by atoms with Gasteiger partial charge in [0.15, 0.2) is 17.2 Å². The molecule has 1 amide bonds. The Labute approximate surface area is 231 Å². The maximum Gasteiger partial charge on any atom is 0.418 e. The second kappa shape index (κ2) is 10.2. The molecule has 2 N–H and O–H groups in total. The van der Waals surface area contributed by atoms with Crippen molar-refractivity contribution in [3.8, 4) is 23.3 Å². The van der Waals surface area contributed by atoms with Gasteiger partial charge in [-0.2, -0.15) is 24.1 Å². The maximum atomic E-state index is 14.3. The van der Waals surface area contributed by atoms with Gasteiger partial charge in [0.2, 0.25) is 5.95 Å². The van der Waals surface area contributed by atoms with Gasteiger partial charge in [-0.05, 0) is 24.6 Å². The number of carbonyl (C=O) groups excluding carboxylic acids is 1. The van der Waals surface area contributed by atoms with Crippen molar-refractivity contribution in [2.75, 3.05) is 10.6 Å². The minimum atomic E-state index is -2.95. The molecule has 0 spiro atoms. The second-order valence-electron chi connectivity index (χ2n) is 9.15. The molecule has 0 bridgehead atoms. The molecule has 5 aromatic rings. The number of fused-ring (bicyclic) bond motifs is 2. The zero-order valence-electron chi connectivity index (χ0n) is 21.5. The highest BCUT2D eigenvalue weighted by molar-refractivity contribution is 5.86. The molecule has 0 unspecified atom stereocenters. The Hall–Kier alpha value is -5.58. The summed E-state index contributed by atoms with van der Waals surface area (Å²) in [6.07, 6.45) is 2.14. The van der Waals surface area contributed by atoms with Crippen molar-refractivity contribution >= 4 is 34.8 Å². The smallest absolute Gasteiger partial charge is 0.418 e. The lowest BCUT2D eigenvalue weighted by atomic mass is 10.1. The number of benzene rings is 1. The summed E-state index contributed by atoms with van der Waals surface area (Å²) in [7, 11) is 1.65. The highest BCUT2D eigenvalue weighted by Gasteiger charge is 2.38. The average molecular weight is 558 g/mol. The van der Waals surface area contributed by atoms with Crippen LogP contribution < -0.4 is 20.1 Å². The molecule has 12 nitrogen and oxygen atoms in total. The number of para-hydroxylation sites is 1. The second-order valence-corrected chi connectivity index (χ2v) is 9.15. The number of aryl methyl sites for hydroxylation is 2. The van der Waals surface area contributed by atoms with Crippen molar-refractivity contribution in [1.29, 1.82) is 5.26 Å². The average Bonchev–Trinajstić information content (AvgIpc) is 3.51. The molecule has 4 aromatic heterocycles. The van der Waals surface area contributed by atoms with Gasteiger partial charge in [0.05, 0.1) is 6.20 Å². The first kappa shape index (κ1) is 25.7. The number of nitrogens with zero attached hydrogens (tertiary/aromatic N) is 7. The number of hydrogen-bond acceptors (Lipinski definition) is 9. The van der Waals surface area contributed by atoms with E-state index in [9.17, 15) is 18.8 Å². The lowest BCUT2D eigenvalue weighted by Gasteiger charge is -2.22. The first-order valence-corrected chi connectivity index (χ1v) is 12.5. The summed E-state index contributed by atoms with van der Waals surface area (Å²) in [4.78, 5) is 25.1. The van der Waals surface area contributed by atoms with Crippen LogP contribution in [-0.4, -0.2) is 35.4 Å². The van der Waals surface area contributed by atoms with Crippen LogP contribution in [0.4, 0.5) is 31.2 Å². The van der Waals surface area contributed by atoms with E-state index in [0.717, 1.165) is 0 Å². The zero-order chi connectivity index (χ0) is 28.6. The van der Waals surface area contributed by atoms with E-state index >= 15 is 0 Å². The number of pyridine rings is 2. The fraction of sp³-hybridized carbons (Fsp3) is 0.185. The number of nitrogens with one attached hydrogen (secondary N) is 2. The highest BCUT2D eigenvalue weighted by Crippen LogP contribution is 2.38. The van der Waals surface area contributed by atoms with Crippen molar-refractivity contribution in [1.82, 2.24) is 29.3 Å². The number of carbonyl (C=O) groups is 1. The molecule has 0 aliphatic carbocycles. The molecular formula is C27H21F2N9O3. The van der Waals surface area contributed by atoms with Gasteiger partial charge in [-0.25, -0.2) is 14.8 Å². The number of alkyl halides is 2. The van der Waals surface area contributed by atoms with Crippen LogP contribution in [0.2, 0.25) is 0 Å². The van der Waals surface area contributed by atoms with Crippen molar-refractivity contribution in [3.05, 3.63) is 72.2 Å². The van der Waals surface area contributed by atoms with Gasteiger partial charge in [-0.3, -0.25) is 10.00 Å². The third-order valence-electron chi connectivity index (χ3n) is 6.37. The quantitative estimate of drug-likeness (QED) is 0.278. The Morgan fingerprint density at radius 3 is 2.73 bits per heavy atom. The lowest BCUT2D eigenvalue weighted by Crippen LogP contribution is -2.25. The van der Waals surface area contributed by atoms with Crippen LogP contribution in [0.1, 0.15) is 24.1 Å². The number of rotatable bonds is 6. The normalized spacial score (nSPS) is 13.7.